The predicted octanol–water partition coefficient (Wildman–Crippen LogP) is 4.34. The largest absolute Gasteiger partial charge is 0.290 e. The summed E-state index contributed by atoms with van der Waals surface area (Å²) in [4.78, 5) is 13.6. The monoisotopic (exact) mass is 309 g/mol. The number of hydrogen-bond acceptors (Lipinski definition) is 4. The maximum Gasteiger partial charge on any atom is 0.0890 e. The Balaban J connectivity index is 1.64. The second kappa shape index (κ2) is 5.78. The minimum absolute atomic E-state index is 0.549. The Hall–Kier alpha value is -1.78. The maximum atomic E-state index is 4.85. The molecule has 0 saturated carbocycles. The fourth-order valence-corrected chi connectivity index (χ4v) is 4.18. The lowest BCUT2D eigenvalue weighted by Gasteiger charge is -2.23. The Morgan fingerprint density at radius 1 is 1.14 bits per heavy atom. The lowest BCUT2D eigenvalue weighted by Crippen LogP contribution is -2.23. The average molecular weight is 309 g/mol. The molecule has 0 bridgehead atoms. The first-order valence-corrected chi connectivity index (χ1v) is 8.69. The van der Waals surface area contributed by atoms with Crippen LogP contribution in [-0.2, 0) is 6.54 Å². The molecule has 0 spiro atoms. The van der Waals surface area contributed by atoms with E-state index < -0.39 is 0 Å². The molecule has 1 aliphatic heterocycles. The summed E-state index contributed by atoms with van der Waals surface area (Å²) in [5.41, 5.74) is 4.15. The van der Waals surface area contributed by atoms with Gasteiger partial charge in [0.1, 0.15) is 0 Å². The summed E-state index contributed by atoms with van der Waals surface area (Å²) in [6.45, 7) is 4.12. The summed E-state index contributed by atoms with van der Waals surface area (Å²) >= 11 is 1.86. The molecule has 1 aromatic carbocycles. The van der Waals surface area contributed by atoms with Gasteiger partial charge in [0.05, 0.1) is 22.4 Å². The first-order valence-electron chi connectivity index (χ1n) is 7.81. The van der Waals surface area contributed by atoms with Crippen LogP contribution >= 0.6 is 11.3 Å². The van der Waals surface area contributed by atoms with Gasteiger partial charge in [-0.15, -0.1) is 11.3 Å². The number of likely N-dealkylation sites (tertiary alicyclic amines) is 1. The molecule has 1 unspecified atom stereocenters. The highest BCUT2D eigenvalue weighted by molar-refractivity contribution is 7.10. The van der Waals surface area contributed by atoms with Crippen molar-refractivity contribution >= 4 is 22.4 Å². The molecule has 0 aliphatic carbocycles. The zero-order valence-electron chi connectivity index (χ0n) is 12.7. The first kappa shape index (κ1) is 13.9. The van der Waals surface area contributed by atoms with E-state index in [9.17, 15) is 0 Å². The zero-order valence-corrected chi connectivity index (χ0v) is 13.5. The van der Waals surface area contributed by atoms with E-state index in [2.05, 4.69) is 29.3 Å². The Kier molecular flexibility index (Phi) is 3.64. The number of aromatic nitrogens is 2. The molecule has 22 heavy (non-hydrogen) atoms. The number of rotatable bonds is 3. The van der Waals surface area contributed by atoms with Crippen LogP contribution in [0.4, 0.5) is 0 Å². The van der Waals surface area contributed by atoms with Crippen molar-refractivity contribution in [1.29, 1.82) is 0 Å². The van der Waals surface area contributed by atoms with Crippen molar-refractivity contribution in [3.63, 3.8) is 0 Å². The lowest BCUT2D eigenvalue weighted by molar-refractivity contribution is 0.248. The van der Waals surface area contributed by atoms with Gasteiger partial charge in [0.15, 0.2) is 0 Å². The lowest BCUT2D eigenvalue weighted by atomic mass is 10.1. The van der Waals surface area contributed by atoms with Gasteiger partial charge in [0, 0.05) is 17.5 Å². The Morgan fingerprint density at radius 2 is 1.95 bits per heavy atom. The molecule has 1 saturated heterocycles. The van der Waals surface area contributed by atoms with Gasteiger partial charge < -0.3 is 0 Å². The zero-order chi connectivity index (χ0) is 14.9. The van der Waals surface area contributed by atoms with Crippen LogP contribution in [0.3, 0.4) is 0 Å². The summed E-state index contributed by atoms with van der Waals surface area (Å²) in [6.07, 6.45) is 2.52. The van der Waals surface area contributed by atoms with Crippen LogP contribution in [0.25, 0.3) is 11.0 Å². The highest BCUT2D eigenvalue weighted by Crippen LogP contribution is 2.35. The number of fused-ring (bicyclic) bond motifs is 1. The summed E-state index contributed by atoms with van der Waals surface area (Å²) in [5.74, 6) is 0. The third-order valence-electron chi connectivity index (χ3n) is 4.43. The Morgan fingerprint density at radius 3 is 2.73 bits per heavy atom. The second-order valence-electron chi connectivity index (χ2n) is 5.89. The van der Waals surface area contributed by atoms with Crippen LogP contribution in [0.15, 0.2) is 41.8 Å². The standard InChI is InChI=1S/C18H19N3S/c1-13-16(20-15-7-3-2-6-14(15)19-13)12-21-10-4-8-17(21)18-9-5-11-22-18/h2-3,5-7,9,11,17H,4,8,10,12H2,1H3. The van der Waals surface area contributed by atoms with Crippen molar-refractivity contribution in [2.75, 3.05) is 6.54 Å². The van der Waals surface area contributed by atoms with Crippen LogP contribution < -0.4 is 0 Å². The molecule has 2 aromatic heterocycles. The molecule has 1 fully saturated rings. The number of aryl methyl sites for hydroxylation is 1. The normalized spacial score (nSPS) is 19.0. The summed E-state index contributed by atoms with van der Waals surface area (Å²) in [7, 11) is 0. The maximum absolute atomic E-state index is 4.85. The molecular weight excluding hydrogens is 290 g/mol. The van der Waals surface area contributed by atoms with E-state index in [0.717, 1.165) is 35.5 Å². The fraction of sp³-hybridized carbons (Fsp3) is 0.333. The number of thiophene rings is 1. The first-order chi connectivity index (χ1) is 10.8. The molecule has 3 nitrogen and oxygen atoms in total. The van der Waals surface area contributed by atoms with Gasteiger partial charge in [-0.05, 0) is 49.9 Å². The van der Waals surface area contributed by atoms with Crippen molar-refractivity contribution in [3.05, 3.63) is 58.0 Å². The predicted molar refractivity (Wildman–Crippen MR) is 91.0 cm³/mol. The third kappa shape index (κ3) is 2.53. The smallest absolute Gasteiger partial charge is 0.0890 e. The number of nitrogens with zero attached hydrogens (tertiary/aromatic N) is 3. The minimum atomic E-state index is 0.549. The third-order valence-corrected chi connectivity index (χ3v) is 5.40. The van der Waals surface area contributed by atoms with E-state index in [4.69, 9.17) is 9.97 Å². The number of hydrogen-bond donors (Lipinski definition) is 0. The van der Waals surface area contributed by atoms with E-state index in [-0.39, 0.29) is 0 Å². The van der Waals surface area contributed by atoms with E-state index in [1.54, 1.807) is 0 Å². The summed E-state index contributed by atoms with van der Waals surface area (Å²) < 4.78 is 0. The Bertz CT molecular complexity index is 782. The molecule has 3 heterocycles. The molecule has 4 rings (SSSR count). The highest BCUT2D eigenvalue weighted by Gasteiger charge is 2.27. The van der Waals surface area contributed by atoms with Crippen LogP contribution in [0.1, 0.15) is 35.1 Å². The van der Waals surface area contributed by atoms with Crippen molar-refractivity contribution in [2.45, 2.75) is 32.4 Å². The van der Waals surface area contributed by atoms with Gasteiger partial charge in [-0.3, -0.25) is 4.90 Å². The molecule has 112 valence electrons. The van der Waals surface area contributed by atoms with Gasteiger partial charge in [-0.1, -0.05) is 18.2 Å². The van der Waals surface area contributed by atoms with Crippen LogP contribution in [0, 0.1) is 6.92 Å². The second-order valence-corrected chi connectivity index (χ2v) is 6.87. The van der Waals surface area contributed by atoms with Gasteiger partial charge in [0.25, 0.3) is 0 Å². The topological polar surface area (TPSA) is 29.0 Å². The van der Waals surface area contributed by atoms with Crippen LogP contribution in [-0.4, -0.2) is 21.4 Å². The van der Waals surface area contributed by atoms with Crippen LogP contribution in [0.2, 0.25) is 0 Å². The minimum Gasteiger partial charge on any atom is -0.290 e. The van der Waals surface area contributed by atoms with E-state index >= 15 is 0 Å². The number of benzene rings is 1. The van der Waals surface area contributed by atoms with Crippen molar-refractivity contribution < 1.29 is 0 Å². The number of para-hydroxylation sites is 2. The summed E-state index contributed by atoms with van der Waals surface area (Å²) in [5, 5.41) is 2.17. The molecule has 0 amide bonds. The molecule has 1 atom stereocenters. The van der Waals surface area contributed by atoms with Crippen molar-refractivity contribution in [3.8, 4) is 0 Å². The van der Waals surface area contributed by atoms with Gasteiger partial charge >= 0.3 is 0 Å². The van der Waals surface area contributed by atoms with Gasteiger partial charge in [-0.25, -0.2) is 9.97 Å². The van der Waals surface area contributed by atoms with E-state index in [1.165, 1.54) is 17.7 Å². The van der Waals surface area contributed by atoms with Gasteiger partial charge in [0.2, 0.25) is 0 Å². The quantitative estimate of drug-likeness (QED) is 0.721. The van der Waals surface area contributed by atoms with Crippen LogP contribution in [0.5, 0.6) is 0 Å². The molecule has 4 heteroatoms. The molecule has 0 radical (unpaired) electrons. The molecule has 0 N–H and O–H groups in total. The van der Waals surface area contributed by atoms with Crippen molar-refractivity contribution in [2.24, 2.45) is 0 Å². The molecule has 3 aromatic rings. The summed E-state index contributed by atoms with van der Waals surface area (Å²) in [6, 6.07) is 13.1. The Labute approximate surface area is 134 Å². The van der Waals surface area contributed by atoms with E-state index in [0.29, 0.717) is 6.04 Å². The van der Waals surface area contributed by atoms with E-state index in [1.807, 2.05) is 35.6 Å². The molecule has 1 aliphatic rings. The average Bonchev–Trinajstić information content (AvgIpc) is 3.18. The fourth-order valence-electron chi connectivity index (χ4n) is 3.29. The van der Waals surface area contributed by atoms with Crippen molar-refractivity contribution in [1.82, 2.24) is 14.9 Å². The molecular formula is C18H19N3S. The SMILES string of the molecule is Cc1nc2ccccc2nc1CN1CCCC1c1cccs1. The van der Waals surface area contributed by atoms with Gasteiger partial charge in [-0.2, -0.15) is 0 Å². The highest BCUT2D eigenvalue weighted by atomic mass is 32.1.